The minimum Gasteiger partial charge on any atom is -0.480 e. The zero-order valence-electron chi connectivity index (χ0n) is 11.0. The number of benzene rings is 1. The molecular weight excluding hydrogens is 261 g/mol. The highest BCUT2D eigenvalue weighted by Gasteiger charge is 2.57. The number of nitrogens with one attached hydrogen (secondary N) is 1. The van der Waals surface area contributed by atoms with Crippen LogP contribution in [0.2, 0.25) is 0 Å². The molecule has 1 aromatic rings. The smallest absolute Gasteiger partial charge is 0.319 e. The fraction of sp³-hybridized carbons (Fsp3) is 0.467. The minimum absolute atomic E-state index is 0.141. The molecule has 2 saturated carbocycles. The lowest BCUT2D eigenvalue weighted by Gasteiger charge is -2.18. The summed E-state index contributed by atoms with van der Waals surface area (Å²) in [5, 5.41) is 11.8. The van der Waals surface area contributed by atoms with Crippen LogP contribution in [0.25, 0.3) is 0 Å². The van der Waals surface area contributed by atoms with Crippen LogP contribution in [0, 0.1) is 11.2 Å². The van der Waals surface area contributed by atoms with Gasteiger partial charge in [-0.15, -0.1) is 0 Å². The van der Waals surface area contributed by atoms with Gasteiger partial charge in [-0.2, -0.15) is 0 Å². The Kier molecular flexibility index (Phi) is 2.81. The van der Waals surface area contributed by atoms with Gasteiger partial charge < -0.3 is 10.4 Å². The van der Waals surface area contributed by atoms with Crippen LogP contribution in [-0.2, 0) is 15.0 Å². The Balaban J connectivity index is 1.65. The number of amides is 1. The van der Waals surface area contributed by atoms with Gasteiger partial charge in [-0.1, -0.05) is 12.1 Å². The van der Waals surface area contributed by atoms with E-state index in [1.807, 2.05) is 0 Å². The van der Waals surface area contributed by atoms with Crippen molar-refractivity contribution in [1.82, 2.24) is 5.32 Å². The molecular formula is C15H16FNO3. The average Bonchev–Trinajstić information content (AvgIpc) is 3.31. The molecule has 5 heteroatoms. The summed E-state index contributed by atoms with van der Waals surface area (Å²) in [6, 6.07) is 6.30. The van der Waals surface area contributed by atoms with Gasteiger partial charge in [0.25, 0.3) is 0 Å². The van der Waals surface area contributed by atoms with Gasteiger partial charge in [-0.25, -0.2) is 4.39 Å². The van der Waals surface area contributed by atoms with E-state index in [-0.39, 0.29) is 11.2 Å². The first-order valence-electron chi connectivity index (χ1n) is 6.76. The molecule has 2 N–H and O–H groups in total. The van der Waals surface area contributed by atoms with E-state index in [0.29, 0.717) is 19.4 Å². The molecule has 4 nitrogen and oxygen atoms in total. The van der Waals surface area contributed by atoms with Gasteiger partial charge in [0.1, 0.15) is 11.2 Å². The number of carboxylic acids is 1. The summed E-state index contributed by atoms with van der Waals surface area (Å²) in [7, 11) is 0. The van der Waals surface area contributed by atoms with Crippen LogP contribution in [0.1, 0.15) is 31.2 Å². The summed E-state index contributed by atoms with van der Waals surface area (Å²) >= 11 is 0. The SMILES string of the molecule is O=C(O)C1(C(=O)NCC2(c3ccc(F)cc3)CC2)CC1. The summed E-state index contributed by atoms with van der Waals surface area (Å²) in [5.41, 5.74) is -0.337. The molecule has 0 aromatic heterocycles. The van der Waals surface area contributed by atoms with Gasteiger partial charge in [0, 0.05) is 12.0 Å². The Morgan fingerprint density at radius 2 is 1.75 bits per heavy atom. The highest BCUT2D eigenvalue weighted by molar-refractivity contribution is 6.04. The highest BCUT2D eigenvalue weighted by atomic mass is 19.1. The third-order valence-corrected chi connectivity index (χ3v) is 4.49. The van der Waals surface area contributed by atoms with Crippen molar-refractivity contribution in [2.24, 2.45) is 5.41 Å². The standard InChI is InChI=1S/C15H16FNO3/c16-11-3-1-10(2-4-11)14(5-6-14)9-17-12(18)15(7-8-15)13(19)20/h1-4H,5-9H2,(H,17,18)(H,19,20). The number of carbonyl (C=O) groups excluding carboxylic acids is 1. The lowest BCUT2D eigenvalue weighted by Crippen LogP contribution is -2.40. The van der Waals surface area contributed by atoms with E-state index < -0.39 is 17.3 Å². The van der Waals surface area contributed by atoms with E-state index in [9.17, 15) is 14.0 Å². The van der Waals surface area contributed by atoms with Gasteiger partial charge >= 0.3 is 5.97 Å². The third kappa shape index (κ3) is 2.07. The second kappa shape index (κ2) is 4.30. The summed E-state index contributed by atoms with van der Waals surface area (Å²) in [4.78, 5) is 23.0. The van der Waals surface area contributed by atoms with E-state index in [1.54, 1.807) is 12.1 Å². The monoisotopic (exact) mass is 277 g/mol. The summed E-state index contributed by atoms with van der Waals surface area (Å²) in [6.07, 6.45) is 2.69. The van der Waals surface area contributed by atoms with Crippen molar-refractivity contribution in [2.75, 3.05) is 6.54 Å². The molecule has 0 bridgehead atoms. The van der Waals surface area contributed by atoms with Crippen molar-refractivity contribution in [3.8, 4) is 0 Å². The van der Waals surface area contributed by atoms with Crippen molar-refractivity contribution in [3.05, 3.63) is 35.6 Å². The summed E-state index contributed by atoms with van der Waals surface area (Å²) < 4.78 is 12.9. The van der Waals surface area contributed by atoms with E-state index >= 15 is 0 Å². The average molecular weight is 277 g/mol. The molecule has 0 heterocycles. The molecule has 106 valence electrons. The Morgan fingerprint density at radius 1 is 1.15 bits per heavy atom. The predicted molar refractivity (Wildman–Crippen MR) is 69.6 cm³/mol. The molecule has 0 saturated heterocycles. The zero-order valence-corrected chi connectivity index (χ0v) is 11.0. The first-order valence-corrected chi connectivity index (χ1v) is 6.76. The zero-order chi connectivity index (χ0) is 14.4. The van der Waals surface area contributed by atoms with Crippen LogP contribution in [0.4, 0.5) is 4.39 Å². The van der Waals surface area contributed by atoms with Crippen molar-refractivity contribution >= 4 is 11.9 Å². The Bertz CT molecular complexity index is 559. The number of rotatable bonds is 5. The summed E-state index contributed by atoms with van der Waals surface area (Å²) in [5.74, 6) is -1.71. The molecule has 0 atom stereocenters. The molecule has 0 spiro atoms. The van der Waals surface area contributed by atoms with Crippen LogP contribution >= 0.6 is 0 Å². The predicted octanol–water partition coefficient (Wildman–Crippen LogP) is 1.84. The number of hydrogen-bond donors (Lipinski definition) is 2. The lowest BCUT2D eigenvalue weighted by atomic mass is 9.95. The van der Waals surface area contributed by atoms with E-state index in [1.165, 1.54) is 12.1 Å². The second-order valence-electron chi connectivity index (χ2n) is 5.86. The maximum atomic E-state index is 12.9. The van der Waals surface area contributed by atoms with E-state index in [4.69, 9.17) is 5.11 Å². The molecule has 1 aromatic carbocycles. The molecule has 20 heavy (non-hydrogen) atoms. The fourth-order valence-corrected chi connectivity index (χ4v) is 2.60. The number of hydrogen-bond acceptors (Lipinski definition) is 2. The maximum Gasteiger partial charge on any atom is 0.319 e. The molecule has 2 aliphatic carbocycles. The Labute approximate surface area is 116 Å². The molecule has 0 radical (unpaired) electrons. The first-order chi connectivity index (χ1) is 9.48. The largest absolute Gasteiger partial charge is 0.480 e. The molecule has 2 aliphatic rings. The molecule has 1 amide bonds. The first kappa shape index (κ1) is 13.1. The van der Waals surface area contributed by atoms with Gasteiger partial charge in [0.05, 0.1) is 0 Å². The Morgan fingerprint density at radius 3 is 2.20 bits per heavy atom. The number of carboxylic acid groups (broad SMARTS) is 1. The van der Waals surface area contributed by atoms with Gasteiger partial charge in [-0.3, -0.25) is 9.59 Å². The van der Waals surface area contributed by atoms with Crippen molar-refractivity contribution in [1.29, 1.82) is 0 Å². The van der Waals surface area contributed by atoms with Gasteiger partial charge in [0.15, 0.2) is 0 Å². The van der Waals surface area contributed by atoms with E-state index in [0.717, 1.165) is 18.4 Å². The number of halogens is 1. The van der Waals surface area contributed by atoms with Crippen molar-refractivity contribution in [2.45, 2.75) is 31.1 Å². The molecule has 0 unspecified atom stereocenters. The minimum atomic E-state index is -1.20. The van der Waals surface area contributed by atoms with Crippen LogP contribution in [0.3, 0.4) is 0 Å². The Hall–Kier alpha value is -1.91. The van der Waals surface area contributed by atoms with E-state index in [2.05, 4.69) is 5.32 Å². The van der Waals surface area contributed by atoms with Crippen LogP contribution < -0.4 is 5.32 Å². The lowest BCUT2D eigenvalue weighted by molar-refractivity contribution is -0.149. The number of carbonyl (C=O) groups is 2. The van der Waals surface area contributed by atoms with Crippen LogP contribution in [0.15, 0.2) is 24.3 Å². The quantitative estimate of drug-likeness (QED) is 0.807. The normalized spacial score (nSPS) is 21.1. The fourth-order valence-electron chi connectivity index (χ4n) is 2.60. The van der Waals surface area contributed by atoms with Crippen LogP contribution in [-0.4, -0.2) is 23.5 Å². The van der Waals surface area contributed by atoms with Crippen LogP contribution in [0.5, 0.6) is 0 Å². The van der Waals surface area contributed by atoms with Crippen molar-refractivity contribution < 1.29 is 19.1 Å². The molecule has 2 fully saturated rings. The van der Waals surface area contributed by atoms with Gasteiger partial charge in [0.2, 0.25) is 5.91 Å². The molecule has 0 aliphatic heterocycles. The third-order valence-electron chi connectivity index (χ3n) is 4.49. The molecule has 3 rings (SSSR count). The van der Waals surface area contributed by atoms with Gasteiger partial charge in [-0.05, 0) is 43.4 Å². The maximum absolute atomic E-state index is 12.9. The second-order valence-corrected chi connectivity index (χ2v) is 5.86. The van der Waals surface area contributed by atoms with Crippen molar-refractivity contribution in [3.63, 3.8) is 0 Å². The number of aliphatic carboxylic acids is 1. The topological polar surface area (TPSA) is 66.4 Å². The summed E-state index contributed by atoms with van der Waals surface area (Å²) in [6.45, 7) is 0.423. The highest BCUT2D eigenvalue weighted by Crippen LogP contribution is 2.49.